The van der Waals surface area contributed by atoms with Crippen molar-refractivity contribution in [2.24, 2.45) is 0 Å². The van der Waals surface area contributed by atoms with Gasteiger partial charge in [-0.2, -0.15) is 4.31 Å². The van der Waals surface area contributed by atoms with Crippen LogP contribution >= 0.6 is 34.3 Å². The Morgan fingerprint density at radius 1 is 1.10 bits per heavy atom. The summed E-state index contributed by atoms with van der Waals surface area (Å²) in [7, 11) is -3.63. The second kappa shape index (κ2) is 8.32. The van der Waals surface area contributed by atoms with Crippen LogP contribution in [0.5, 0.6) is 0 Å². The first-order valence-corrected chi connectivity index (χ1v) is 13.6. The van der Waals surface area contributed by atoms with Gasteiger partial charge in [-0.3, -0.25) is 4.79 Å². The lowest BCUT2D eigenvalue weighted by Crippen LogP contribution is -2.54. The molecule has 1 amide bonds. The molecule has 164 valence electrons. The van der Waals surface area contributed by atoms with Crippen molar-refractivity contribution in [3.8, 4) is 0 Å². The van der Waals surface area contributed by atoms with Crippen LogP contribution in [0, 0.1) is 0 Å². The van der Waals surface area contributed by atoms with Crippen molar-refractivity contribution >= 4 is 65.6 Å². The number of rotatable bonds is 4. The summed E-state index contributed by atoms with van der Waals surface area (Å²) in [6, 6.07) is 8.47. The van der Waals surface area contributed by atoms with E-state index in [2.05, 4.69) is 9.88 Å². The second-order valence-corrected chi connectivity index (χ2v) is 12.1. The molecule has 4 heterocycles. The van der Waals surface area contributed by atoms with Gasteiger partial charge in [0, 0.05) is 32.7 Å². The first-order valence-electron chi connectivity index (χ1n) is 10.1. The minimum absolute atomic E-state index is 0.0929. The van der Waals surface area contributed by atoms with Crippen molar-refractivity contribution in [2.45, 2.75) is 23.1 Å². The average Bonchev–Trinajstić information content (AvgIpc) is 3.54. The molecule has 0 aliphatic carbocycles. The van der Waals surface area contributed by atoms with Crippen LogP contribution in [-0.4, -0.2) is 67.3 Å². The van der Waals surface area contributed by atoms with Gasteiger partial charge in [-0.05, 0) is 36.4 Å². The van der Waals surface area contributed by atoms with Gasteiger partial charge in [-0.25, -0.2) is 13.4 Å². The van der Waals surface area contributed by atoms with Gasteiger partial charge in [0.2, 0.25) is 5.91 Å². The lowest BCUT2D eigenvalue weighted by molar-refractivity contribution is -0.134. The molecule has 2 fully saturated rings. The number of carbonyl (C=O) groups is 1. The van der Waals surface area contributed by atoms with Crippen LogP contribution in [0.15, 0.2) is 39.9 Å². The largest absolute Gasteiger partial charge is 0.345 e. The topological polar surface area (TPSA) is 73.8 Å². The minimum Gasteiger partial charge on any atom is -0.345 e. The molecule has 0 bridgehead atoms. The number of amides is 1. The molecule has 31 heavy (non-hydrogen) atoms. The molecule has 2 saturated heterocycles. The predicted molar refractivity (Wildman–Crippen MR) is 125 cm³/mol. The Balaban J connectivity index is 1.28. The number of para-hydroxylation sites is 1. The molecule has 3 aromatic rings. The molecule has 5 rings (SSSR count). The molecule has 7 nitrogen and oxygen atoms in total. The molecule has 2 aliphatic rings. The molecule has 0 radical (unpaired) electrons. The maximum Gasteiger partial charge on any atom is 0.253 e. The predicted octanol–water partition coefficient (Wildman–Crippen LogP) is 3.51. The molecule has 0 saturated carbocycles. The summed E-state index contributed by atoms with van der Waals surface area (Å²) in [5, 5.41) is 3.29. The van der Waals surface area contributed by atoms with Gasteiger partial charge in [-0.1, -0.05) is 35.1 Å². The van der Waals surface area contributed by atoms with E-state index < -0.39 is 16.1 Å². The Labute approximate surface area is 193 Å². The molecule has 0 unspecified atom stereocenters. The minimum atomic E-state index is -3.63. The summed E-state index contributed by atoms with van der Waals surface area (Å²) in [4.78, 5) is 21.9. The van der Waals surface area contributed by atoms with Crippen molar-refractivity contribution in [1.82, 2.24) is 14.2 Å². The van der Waals surface area contributed by atoms with Crippen molar-refractivity contribution in [3.63, 3.8) is 0 Å². The summed E-state index contributed by atoms with van der Waals surface area (Å²) in [5.74, 6) is -0.0929. The number of anilines is 1. The molecule has 1 aromatic carbocycles. The molecule has 2 aliphatic heterocycles. The highest BCUT2D eigenvalue weighted by Crippen LogP contribution is 2.34. The zero-order valence-corrected chi connectivity index (χ0v) is 19.8. The number of fused-ring (bicyclic) bond motifs is 1. The highest BCUT2D eigenvalue weighted by atomic mass is 35.5. The quantitative estimate of drug-likeness (QED) is 0.552. The van der Waals surface area contributed by atoms with Crippen LogP contribution in [0.1, 0.15) is 12.8 Å². The van der Waals surface area contributed by atoms with E-state index >= 15 is 0 Å². The maximum atomic E-state index is 13.2. The van der Waals surface area contributed by atoms with Crippen molar-refractivity contribution < 1.29 is 13.2 Å². The molecule has 0 N–H and O–H groups in total. The Hall–Kier alpha value is -1.72. The number of thiazole rings is 1. The third kappa shape index (κ3) is 3.84. The molecule has 2 aromatic heterocycles. The maximum absolute atomic E-state index is 13.2. The summed E-state index contributed by atoms with van der Waals surface area (Å²) in [5.41, 5.74) is 0.808. The van der Waals surface area contributed by atoms with E-state index in [-0.39, 0.29) is 5.91 Å². The standard InChI is InChI=1S/C20H21ClN4O3S3/c21-14-4-1-6-16-18(14)22-20(30-16)24-11-9-23(10-12-24)19(26)15-5-2-8-25(15)31(27,28)17-7-3-13-29-17/h1,3-4,6-7,13,15H,2,5,8-12H2/t15-/m1/s1. The van der Waals surface area contributed by atoms with E-state index in [0.29, 0.717) is 54.8 Å². The zero-order valence-electron chi connectivity index (χ0n) is 16.6. The van der Waals surface area contributed by atoms with Gasteiger partial charge >= 0.3 is 0 Å². The monoisotopic (exact) mass is 496 g/mol. The van der Waals surface area contributed by atoms with E-state index in [9.17, 15) is 13.2 Å². The Bertz CT molecular complexity index is 1200. The van der Waals surface area contributed by atoms with Gasteiger partial charge in [0.25, 0.3) is 10.0 Å². The van der Waals surface area contributed by atoms with Gasteiger partial charge in [0.1, 0.15) is 15.8 Å². The van der Waals surface area contributed by atoms with Crippen LogP contribution in [0.25, 0.3) is 10.2 Å². The van der Waals surface area contributed by atoms with Crippen molar-refractivity contribution in [1.29, 1.82) is 0 Å². The zero-order chi connectivity index (χ0) is 21.6. The second-order valence-electron chi connectivity index (χ2n) is 7.60. The lowest BCUT2D eigenvalue weighted by Gasteiger charge is -2.37. The Morgan fingerprint density at radius 2 is 1.90 bits per heavy atom. The van der Waals surface area contributed by atoms with Gasteiger partial charge in [0.15, 0.2) is 5.13 Å². The summed E-state index contributed by atoms with van der Waals surface area (Å²) >= 11 is 9.04. The Morgan fingerprint density at radius 3 is 2.61 bits per heavy atom. The van der Waals surface area contributed by atoms with Crippen LogP contribution in [0.4, 0.5) is 5.13 Å². The average molecular weight is 497 g/mol. The molecule has 11 heteroatoms. The summed E-state index contributed by atoms with van der Waals surface area (Å²) < 4.78 is 28.7. The SMILES string of the molecule is O=C([C@H]1CCCN1S(=O)(=O)c1cccs1)N1CCN(c2nc3c(Cl)cccc3s2)CC1. The molecule has 1 atom stereocenters. The van der Waals surface area contributed by atoms with E-state index in [0.717, 1.165) is 15.3 Å². The third-order valence-corrected chi connectivity index (χ3v) is 10.4. The lowest BCUT2D eigenvalue weighted by atomic mass is 10.2. The van der Waals surface area contributed by atoms with Crippen LogP contribution in [0.3, 0.4) is 0 Å². The molecule has 0 spiro atoms. The fourth-order valence-corrected chi connectivity index (χ4v) is 8.26. The van der Waals surface area contributed by atoms with E-state index in [1.54, 1.807) is 33.7 Å². The van der Waals surface area contributed by atoms with E-state index in [4.69, 9.17) is 11.6 Å². The fraction of sp³-hybridized carbons (Fsp3) is 0.400. The van der Waals surface area contributed by atoms with Crippen LogP contribution in [-0.2, 0) is 14.8 Å². The van der Waals surface area contributed by atoms with E-state index in [1.165, 1.54) is 15.6 Å². The third-order valence-electron chi connectivity index (χ3n) is 5.77. The number of carbonyl (C=O) groups excluding carboxylic acids is 1. The van der Waals surface area contributed by atoms with Gasteiger partial charge in [-0.15, -0.1) is 11.3 Å². The smallest absolute Gasteiger partial charge is 0.253 e. The number of benzene rings is 1. The van der Waals surface area contributed by atoms with Crippen molar-refractivity contribution in [2.75, 3.05) is 37.6 Å². The highest BCUT2D eigenvalue weighted by molar-refractivity contribution is 7.91. The molecular weight excluding hydrogens is 476 g/mol. The number of piperazine rings is 1. The van der Waals surface area contributed by atoms with Gasteiger partial charge in [0.05, 0.1) is 9.72 Å². The van der Waals surface area contributed by atoms with Gasteiger partial charge < -0.3 is 9.80 Å². The Kier molecular flexibility index (Phi) is 5.68. The van der Waals surface area contributed by atoms with Crippen LogP contribution < -0.4 is 4.90 Å². The highest BCUT2D eigenvalue weighted by Gasteiger charge is 2.42. The number of thiophene rings is 1. The normalized spacial score (nSPS) is 20.6. The number of halogens is 1. The first-order chi connectivity index (χ1) is 14.9. The first kappa shape index (κ1) is 21.1. The number of nitrogens with zero attached hydrogens (tertiary/aromatic N) is 4. The number of hydrogen-bond acceptors (Lipinski definition) is 7. The number of sulfonamides is 1. The van der Waals surface area contributed by atoms with E-state index in [1.807, 2.05) is 18.2 Å². The number of hydrogen-bond donors (Lipinski definition) is 0. The van der Waals surface area contributed by atoms with Crippen LogP contribution in [0.2, 0.25) is 5.02 Å². The molecular formula is C20H21ClN4O3S3. The fourth-order valence-electron chi connectivity index (χ4n) is 4.17. The summed E-state index contributed by atoms with van der Waals surface area (Å²) in [6.07, 6.45) is 1.27. The van der Waals surface area contributed by atoms with Crippen molar-refractivity contribution in [3.05, 3.63) is 40.7 Å². The number of aromatic nitrogens is 1. The summed E-state index contributed by atoms with van der Waals surface area (Å²) in [6.45, 7) is 2.81.